The summed E-state index contributed by atoms with van der Waals surface area (Å²) >= 11 is 3.42. The zero-order valence-corrected chi connectivity index (χ0v) is 13.0. The Balaban J connectivity index is 2.71. The lowest BCUT2D eigenvalue weighted by Gasteiger charge is -2.30. The molecular weight excluding hydrogens is 292 g/mol. The molecule has 0 heterocycles. The van der Waals surface area contributed by atoms with Crippen molar-refractivity contribution in [1.82, 2.24) is 4.90 Å². The van der Waals surface area contributed by atoms with Gasteiger partial charge in [0.25, 0.3) is 0 Å². The van der Waals surface area contributed by atoms with Gasteiger partial charge in [-0.3, -0.25) is 4.79 Å². The van der Waals surface area contributed by atoms with Crippen molar-refractivity contribution in [3.8, 4) is 0 Å². The first-order valence-electron chi connectivity index (χ1n) is 5.97. The normalized spacial score (nSPS) is 13.2. The summed E-state index contributed by atoms with van der Waals surface area (Å²) in [6.45, 7) is 6.50. The predicted molar refractivity (Wildman–Crippen MR) is 78.0 cm³/mol. The third kappa shape index (κ3) is 4.10. The van der Waals surface area contributed by atoms with E-state index in [4.69, 9.17) is 5.73 Å². The minimum Gasteiger partial charge on any atom is -0.340 e. The fraction of sp³-hybridized carbons (Fsp3) is 0.500. The number of amides is 1. The summed E-state index contributed by atoms with van der Waals surface area (Å²) in [5.41, 5.74) is 6.84. The monoisotopic (exact) mass is 312 g/mol. The molecule has 1 atom stereocenters. The smallest absolute Gasteiger partial charge is 0.240 e. The summed E-state index contributed by atoms with van der Waals surface area (Å²) in [7, 11) is 1.79. The zero-order chi connectivity index (χ0) is 13.9. The molecule has 0 spiro atoms. The van der Waals surface area contributed by atoms with Crippen LogP contribution in [0.4, 0.5) is 0 Å². The van der Waals surface area contributed by atoms with E-state index in [0.29, 0.717) is 6.54 Å². The molecule has 1 rings (SSSR count). The van der Waals surface area contributed by atoms with Crippen molar-refractivity contribution < 1.29 is 4.79 Å². The van der Waals surface area contributed by atoms with Crippen molar-refractivity contribution in [1.29, 1.82) is 0 Å². The van der Waals surface area contributed by atoms with Crippen molar-refractivity contribution in [3.63, 3.8) is 0 Å². The zero-order valence-electron chi connectivity index (χ0n) is 11.4. The van der Waals surface area contributed by atoms with Gasteiger partial charge in [0, 0.05) is 18.1 Å². The second-order valence-electron chi connectivity index (χ2n) is 5.67. The van der Waals surface area contributed by atoms with Crippen molar-refractivity contribution in [3.05, 3.63) is 34.3 Å². The second kappa shape index (κ2) is 5.85. The van der Waals surface area contributed by atoms with Crippen molar-refractivity contribution in [2.24, 2.45) is 11.1 Å². The summed E-state index contributed by atoms with van der Waals surface area (Å²) in [6.07, 6.45) is 0. The summed E-state index contributed by atoms with van der Waals surface area (Å²) in [5.74, 6) is -0.0255. The SMILES string of the molecule is CN(Cc1cccc(Br)c1)C(=O)C(N)C(C)(C)C. The van der Waals surface area contributed by atoms with Crippen LogP contribution in [0.5, 0.6) is 0 Å². The molecule has 0 aromatic heterocycles. The molecule has 0 aliphatic carbocycles. The lowest BCUT2D eigenvalue weighted by atomic mass is 9.86. The van der Waals surface area contributed by atoms with E-state index in [0.717, 1.165) is 10.0 Å². The quantitative estimate of drug-likeness (QED) is 0.933. The maximum atomic E-state index is 12.2. The standard InChI is InChI=1S/C14H21BrN2O/c1-14(2,3)12(16)13(18)17(4)9-10-6-5-7-11(15)8-10/h5-8,12H,9,16H2,1-4H3. The van der Waals surface area contributed by atoms with Crippen LogP contribution in [0.15, 0.2) is 28.7 Å². The van der Waals surface area contributed by atoms with Crippen LogP contribution < -0.4 is 5.73 Å². The maximum absolute atomic E-state index is 12.2. The highest BCUT2D eigenvalue weighted by Gasteiger charge is 2.29. The van der Waals surface area contributed by atoms with Gasteiger partial charge in [0.15, 0.2) is 0 Å². The highest BCUT2D eigenvalue weighted by molar-refractivity contribution is 9.10. The molecule has 0 bridgehead atoms. The Labute approximate surface area is 117 Å². The molecule has 1 amide bonds. The number of hydrogen-bond acceptors (Lipinski definition) is 2. The van der Waals surface area contributed by atoms with Crippen LogP contribution in [0.3, 0.4) is 0 Å². The van der Waals surface area contributed by atoms with Gasteiger partial charge in [0.1, 0.15) is 0 Å². The Morgan fingerprint density at radius 2 is 2.06 bits per heavy atom. The molecule has 2 N–H and O–H groups in total. The highest BCUT2D eigenvalue weighted by atomic mass is 79.9. The highest BCUT2D eigenvalue weighted by Crippen LogP contribution is 2.20. The maximum Gasteiger partial charge on any atom is 0.240 e. The number of likely N-dealkylation sites (N-methyl/N-ethyl adjacent to an activating group) is 1. The largest absolute Gasteiger partial charge is 0.340 e. The number of hydrogen-bond donors (Lipinski definition) is 1. The molecule has 1 aromatic carbocycles. The van der Waals surface area contributed by atoms with E-state index >= 15 is 0 Å². The molecule has 4 heteroatoms. The molecule has 18 heavy (non-hydrogen) atoms. The van der Waals surface area contributed by atoms with Crippen molar-refractivity contribution >= 4 is 21.8 Å². The summed E-state index contributed by atoms with van der Waals surface area (Å²) in [6, 6.07) is 7.45. The molecule has 1 aromatic rings. The van der Waals surface area contributed by atoms with Gasteiger partial charge in [0.05, 0.1) is 6.04 Å². The Hall–Kier alpha value is -0.870. The van der Waals surface area contributed by atoms with Crippen LogP contribution in [-0.4, -0.2) is 23.9 Å². The number of benzene rings is 1. The Morgan fingerprint density at radius 3 is 2.56 bits per heavy atom. The van der Waals surface area contributed by atoms with Crippen molar-refractivity contribution in [2.75, 3.05) is 7.05 Å². The fourth-order valence-electron chi connectivity index (χ4n) is 1.59. The number of nitrogens with zero attached hydrogens (tertiary/aromatic N) is 1. The van der Waals surface area contributed by atoms with E-state index in [9.17, 15) is 4.79 Å². The molecule has 3 nitrogen and oxygen atoms in total. The molecule has 0 fully saturated rings. The molecule has 0 saturated heterocycles. The molecule has 0 aliphatic rings. The predicted octanol–water partition coefficient (Wildman–Crippen LogP) is 2.78. The van der Waals surface area contributed by atoms with Crippen LogP contribution in [0, 0.1) is 5.41 Å². The van der Waals surface area contributed by atoms with E-state index in [1.807, 2.05) is 45.0 Å². The Bertz CT molecular complexity index is 426. The number of halogens is 1. The van der Waals surface area contributed by atoms with Gasteiger partial charge >= 0.3 is 0 Å². The van der Waals surface area contributed by atoms with Crippen LogP contribution in [0.25, 0.3) is 0 Å². The van der Waals surface area contributed by atoms with E-state index in [1.165, 1.54) is 0 Å². The van der Waals surface area contributed by atoms with Crippen LogP contribution in [0.2, 0.25) is 0 Å². The first-order chi connectivity index (χ1) is 8.21. The molecular formula is C14H21BrN2O. The number of nitrogens with two attached hydrogens (primary N) is 1. The third-order valence-electron chi connectivity index (χ3n) is 2.88. The fourth-order valence-corrected chi connectivity index (χ4v) is 2.04. The van der Waals surface area contributed by atoms with E-state index in [2.05, 4.69) is 15.9 Å². The van der Waals surface area contributed by atoms with Gasteiger partial charge in [-0.2, -0.15) is 0 Å². The number of carbonyl (C=O) groups is 1. The lowest BCUT2D eigenvalue weighted by Crippen LogP contribution is -2.48. The van der Waals surface area contributed by atoms with Crippen LogP contribution in [0.1, 0.15) is 26.3 Å². The number of carbonyl (C=O) groups excluding carboxylic acids is 1. The van der Waals surface area contributed by atoms with Gasteiger partial charge in [0.2, 0.25) is 5.91 Å². The van der Waals surface area contributed by atoms with E-state index in [1.54, 1.807) is 11.9 Å². The number of rotatable bonds is 3. The first-order valence-corrected chi connectivity index (χ1v) is 6.76. The Morgan fingerprint density at radius 1 is 1.44 bits per heavy atom. The molecule has 1 unspecified atom stereocenters. The van der Waals surface area contributed by atoms with E-state index < -0.39 is 6.04 Å². The van der Waals surface area contributed by atoms with Crippen LogP contribution >= 0.6 is 15.9 Å². The van der Waals surface area contributed by atoms with Crippen molar-refractivity contribution in [2.45, 2.75) is 33.4 Å². The average molecular weight is 313 g/mol. The summed E-state index contributed by atoms with van der Waals surface area (Å²) in [4.78, 5) is 13.8. The minimum atomic E-state index is -0.477. The Kier molecular flexibility index (Phi) is 4.93. The van der Waals surface area contributed by atoms with Gasteiger partial charge in [-0.05, 0) is 23.1 Å². The molecule has 0 radical (unpaired) electrons. The first kappa shape index (κ1) is 15.2. The van der Waals surface area contributed by atoms with Gasteiger partial charge in [-0.25, -0.2) is 0 Å². The summed E-state index contributed by atoms with van der Waals surface area (Å²) < 4.78 is 1.01. The molecule has 0 saturated carbocycles. The minimum absolute atomic E-state index is 0.0255. The molecule has 100 valence electrons. The average Bonchev–Trinajstić information content (AvgIpc) is 2.25. The lowest BCUT2D eigenvalue weighted by molar-refractivity contribution is -0.134. The third-order valence-corrected chi connectivity index (χ3v) is 3.38. The second-order valence-corrected chi connectivity index (χ2v) is 6.58. The summed E-state index contributed by atoms with van der Waals surface area (Å²) in [5, 5.41) is 0. The van der Waals surface area contributed by atoms with Gasteiger partial charge < -0.3 is 10.6 Å². The van der Waals surface area contributed by atoms with E-state index in [-0.39, 0.29) is 11.3 Å². The van der Waals surface area contributed by atoms with Gasteiger partial charge in [-0.15, -0.1) is 0 Å². The molecule has 0 aliphatic heterocycles. The van der Waals surface area contributed by atoms with Gasteiger partial charge in [-0.1, -0.05) is 48.8 Å². The van der Waals surface area contributed by atoms with Crippen LogP contribution in [-0.2, 0) is 11.3 Å². The topological polar surface area (TPSA) is 46.3 Å².